The largest absolute Gasteiger partial charge is 0.435 e. The lowest BCUT2D eigenvalue weighted by Gasteiger charge is -2.22. The number of rotatable bonds is 5. The van der Waals surface area contributed by atoms with E-state index in [0.717, 1.165) is 5.56 Å². The lowest BCUT2D eigenvalue weighted by molar-refractivity contribution is -0.134. The summed E-state index contributed by atoms with van der Waals surface area (Å²) in [6.45, 7) is -2.75. The Bertz CT molecular complexity index is 566. The van der Waals surface area contributed by atoms with E-state index in [1.807, 2.05) is 0 Å². The van der Waals surface area contributed by atoms with Gasteiger partial charge in [-0.15, -0.1) is 0 Å². The Hall–Kier alpha value is -1.73. The van der Waals surface area contributed by atoms with Gasteiger partial charge in [0, 0.05) is 12.5 Å². The summed E-state index contributed by atoms with van der Waals surface area (Å²) in [5.74, 6) is -0.0785. The summed E-state index contributed by atoms with van der Waals surface area (Å²) in [7, 11) is 0. The number of benzene rings is 1. The Morgan fingerprint density at radius 3 is 2.61 bits per heavy atom. The predicted octanol–water partition coefficient (Wildman–Crippen LogP) is 1.35. The van der Waals surface area contributed by atoms with E-state index < -0.39 is 12.7 Å². The van der Waals surface area contributed by atoms with Crippen molar-refractivity contribution in [2.45, 2.75) is 37.5 Å². The van der Waals surface area contributed by atoms with Crippen LogP contribution in [0.4, 0.5) is 8.78 Å². The van der Waals surface area contributed by atoms with E-state index in [9.17, 15) is 23.8 Å². The maximum atomic E-state index is 12.5. The molecule has 1 amide bonds. The second kappa shape index (κ2) is 6.41. The first-order chi connectivity index (χ1) is 11.0. The van der Waals surface area contributed by atoms with Crippen molar-refractivity contribution in [3.8, 4) is 5.75 Å². The van der Waals surface area contributed by atoms with Crippen LogP contribution in [0.3, 0.4) is 0 Å². The number of hydrogen-bond acceptors (Lipinski definition) is 4. The van der Waals surface area contributed by atoms with Crippen LogP contribution in [0.25, 0.3) is 0 Å². The van der Waals surface area contributed by atoms with Crippen molar-refractivity contribution >= 4 is 5.91 Å². The monoisotopic (exact) mass is 327 g/mol. The first-order valence-electron chi connectivity index (χ1n) is 7.63. The Kier molecular flexibility index (Phi) is 4.50. The van der Waals surface area contributed by atoms with Crippen molar-refractivity contribution < 1.29 is 28.5 Å². The molecular weight excluding hydrogens is 308 g/mol. The highest BCUT2D eigenvalue weighted by Gasteiger charge is 2.48. The van der Waals surface area contributed by atoms with Gasteiger partial charge >= 0.3 is 6.61 Å². The number of alkyl halides is 2. The van der Waals surface area contributed by atoms with E-state index in [2.05, 4.69) is 4.74 Å². The fraction of sp³-hybridized carbons (Fsp3) is 0.562. The molecule has 126 valence electrons. The lowest BCUT2D eigenvalue weighted by atomic mass is 10.1. The van der Waals surface area contributed by atoms with E-state index in [1.54, 1.807) is 17.0 Å². The van der Waals surface area contributed by atoms with Gasteiger partial charge in [-0.3, -0.25) is 4.79 Å². The molecule has 2 aliphatic rings. The SMILES string of the molecule is O=C([C@@H]1C[C@H]1c1ccc(OC(F)F)cc1)N1C[C@@H](O)C[C@H]1CO. The molecule has 23 heavy (non-hydrogen) atoms. The molecule has 0 aromatic heterocycles. The van der Waals surface area contributed by atoms with Gasteiger partial charge in [-0.25, -0.2) is 0 Å². The van der Waals surface area contributed by atoms with E-state index in [0.29, 0.717) is 12.8 Å². The number of nitrogens with zero attached hydrogens (tertiary/aromatic N) is 1. The van der Waals surface area contributed by atoms with Crippen LogP contribution in [0.15, 0.2) is 24.3 Å². The van der Waals surface area contributed by atoms with Crippen LogP contribution >= 0.6 is 0 Å². The molecule has 0 spiro atoms. The molecule has 1 heterocycles. The highest BCUT2D eigenvalue weighted by molar-refractivity contribution is 5.83. The van der Waals surface area contributed by atoms with Crippen LogP contribution < -0.4 is 4.74 Å². The van der Waals surface area contributed by atoms with Gasteiger partial charge in [0.25, 0.3) is 0 Å². The number of aliphatic hydroxyl groups excluding tert-OH is 2. The number of ether oxygens (including phenoxy) is 1. The molecule has 4 atom stereocenters. The quantitative estimate of drug-likeness (QED) is 0.856. The normalized spacial score (nSPS) is 29.9. The molecule has 2 N–H and O–H groups in total. The highest BCUT2D eigenvalue weighted by atomic mass is 19.3. The van der Waals surface area contributed by atoms with Gasteiger partial charge in [0.1, 0.15) is 5.75 Å². The van der Waals surface area contributed by atoms with Gasteiger partial charge in [-0.1, -0.05) is 12.1 Å². The van der Waals surface area contributed by atoms with Gasteiger partial charge < -0.3 is 19.8 Å². The zero-order chi connectivity index (χ0) is 16.6. The average Bonchev–Trinajstić information content (AvgIpc) is 3.22. The fourth-order valence-electron chi connectivity index (χ4n) is 3.28. The van der Waals surface area contributed by atoms with Crippen molar-refractivity contribution in [2.24, 2.45) is 5.92 Å². The molecule has 0 bridgehead atoms. The van der Waals surface area contributed by atoms with Crippen molar-refractivity contribution in [2.75, 3.05) is 13.2 Å². The fourth-order valence-corrected chi connectivity index (χ4v) is 3.28. The highest BCUT2D eigenvalue weighted by Crippen LogP contribution is 2.49. The minimum Gasteiger partial charge on any atom is -0.435 e. The molecule has 1 aromatic carbocycles. The molecule has 1 saturated heterocycles. The number of carbonyl (C=O) groups excluding carboxylic acids is 1. The van der Waals surface area contributed by atoms with Crippen LogP contribution in [0, 0.1) is 5.92 Å². The number of amides is 1. The summed E-state index contributed by atoms with van der Waals surface area (Å²) < 4.78 is 28.5. The van der Waals surface area contributed by atoms with E-state index in [1.165, 1.54) is 12.1 Å². The third-order valence-electron chi connectivity index (χ3n) is 4.53. The molecule has 1 saturated carbocycles. The summed E-state index contributed by atoms with van der Waals surface area (Å²) >= 11 is 0. The number of aliphatic hydroxyl groups is 2. The zero-order valence-corrected chi connectivity index (χ0v) is 12.4. The number of halogens is 2. The van der Waals surface area contributed by atoms with Crippen LogP contribution in [0.2, 0.25) is 0 Å². The molecule has 5 nitrogen and oxygen atoms in total. The number of hydrogen-bond donors (Lipinski definition) is 2. The minimum absolute atomic E-state index is 0.0557. The molecule has 3 rings (SSSR count). The van der Waals surface area contributed by atoms with Gasteiger partial charge in [-0.2, -0.15) is 8.78 Å². The van der Waals surface area contributed by atoms with E-state index >= 15 is 0 Å². The van der Waals surface area contributed by atoms with Crippen molar-refractivity contribution in [3.63, 3.8) is 0 Å². The number of likely N-dealkylation sites (tertiary alicyclic amines) is 1. The van der Waals surface area contributed by atoms with E-state index in [4.69, 9.17) is 0 Å². The molecule has 1 aliphatic carbocycles. The average molecular weight is 327 g/mol. The van der Waals surface area contributed by atoms with E-state index in [-0.39, 0.29) is 42.7 Å². The maximum absolute atomic E-state index is 12.5. The second-order valence-electron chi connectivity index (χ2n) is 6.11. The van der Waals surface area contributed by atoms with Gasteiger partial charge in [0.05, 0.1) is 18.8 Å². The number of carbonyl (C=O) groups is 1. The molecule has 2 fully saturated rings. The van der Waals surface area contributed by atoms with Crippen LogP contribution in [-0.4, -0.2) is 52.9 Å². The molecular formula is C16H19F2NO4. The first kappa shape index (κ1) is 16.1. The van der Waals surface area contributed by atoms with Gasteiger partial charge in [0.15, 0.2) is 0 Å². The third kappa shape index (κ3) is 3.45. The van der Waals surface area contributed by atoms with Crippen LogP contribution in [-0.2, 0) is 4.79 Å². The van der Waals surface area contributed by atoms with Crippen molar-refractivity contribution in [1.82, 2.24) is 4.90 Å². The summed E-state index contributed by atoms with van der Waals surface area (Å²) in [6, 6.07) is 6.01. The summed E-state index contributed by atoms with van der Waals surface area (Å²) in [4.78, 5) is 14.1. The predicted molar refractivity (Wildman–Crippen MR) is 77.1 cm³/mol. The Morgan fingerprint density at radius 2 is 2.00 bits per heavy atom. The van der Waals surface area contributed by atoms with Crippen molar-refractivity contribution in [1.29, 1.82) is 0 Å². The standard InChI is InChI=1S/C16H19F2NO4/c17-16(18)23-12-3-1-9(2-4-12)13-6-14(13)15(22)19-7-11(21)5-10(19)8-20/h1-4,10-11,13-14,16,20-21H,5-8H2/t10-,11-,13-,14+/m0/s1. The summed E-state index contributed by atoms with van der Waals surface area (Å²) in [6.07, 6.45) is 0.511. The van der Waals surface area contributed by atoms with Crippen LogP contribution in [0.5, 0.6) is 5.75 Å². The molecule has 0 unspecified atom stereocenters. The minimum atomic E-state index is -2.85. The molecule has 0 radical (unpaired) electrons. The number of β-amino-alcohol motifs (C(OH)–C–C–N with tert-alkyl or cyclic N) is 1. The van der Waals surface area contributed by atoms with Crippen LogP contribution in [0.1, 0.15) is 24.3 Å². The van der Waals surface area contributed by atoms with Gasteiger partial charge in [-0.05, 0) is 36.5 Å². The Labute approximate surface area is 132 Å². The van der Waals surface area contributed by atoms with Gasteiger partial charge in [0.2, 0.25) is 5.91 Å². The topological polar surface area (TPSA) is 70.0 Å². The Morgan fingerprint density at radius 1 is 1.30 bits per heavy atom. The summed E-state index contributed by atoms with van der Waals surface area (Å²) in [5, 5.41) is 19.0. The Balaban J connectivity index is 1.61. The lowest BCUT2D eigenvalue weighted by Crippen LogP contribution is -2.39. The summed E-state index contributed by atoms with van der Waals surface area (Å²) in [5.41, 5.74) is 0.908. The zero-order valence-electron chi connectivity index (χ0n) is 12.4. The molecule has 7 heteroatoms. The molecule has 1 aliphatic heterocycles. The second-order valence-corrected chi connectivity index (χ2v) is 6.11. The third-order valence-corrected chi connectivity index (χ3v) is 4.53. The maximum Gasteiger partial charge on any atom is 0.387 e. The molecule has 1 aromatic rings. The smallest absolute Gasteiger partial charge is 0.387 e. The first-order valence-corrected chi connectivity index (χ1v) is 7.63. The van der Waals surface area contributed by atoms with Crippen molar-refractivity contribution in [3.05, 3.63) is 29.8 Å².